The molecule has 2 heterocycles. The maximum Gasteiger partial charge on any atom is 0.252 e. The van der Waals surface area contributed by atoms with Crippen LogP contribution in [0, 0.1) is 0 Å². The Bertz CT molecular complexity index is 584. The smallest absolute Gasteiger partial charge is 0.252 e. The quantitative estimate of drug-likeness (QED) is 0.772. The Morgan fingerprint density at radius 1 is 1.44 bits per heavy atom. The van der Waals surface area contributed by atoms with Gasteiger partial charge in [-0.2, -0.15) is 0 Å². The fourth-order valence-corrected chi connectivity index (χ4v) is 2.62. The second kappa shape index (κ2) is 4.33. The molecule has 3 rings (SSSR count). The van der Waals surface area contributed by atoms with Crippen molar-refractivity contribution in [3.8, 4) is 0 Å². The first kappa shape index (κ1) is 11.1. The number of aromatic amines is 1. The fourth-order valence-electron chi connectivity index (χ4n) is 2.62. The number of nitrogens with one attached hydrogen (secondary N) is 2. The lowest BCUT2D eigenvalue weighted by atomic mass is 10.1. The summed E-state index contributed by atoms with van der Waals surface area (Å²) in [5.41, 5.74) is 7.48. The number of rotatable bonds is 3. The van der Waals surface area contributed by atoms with Crippen molar-refractivity contribution in [2.24, 2.45) is 5.73 Å². The van der Waals surface area contributed by atoms with Crippen molar-refractivity contribution in [3.63, 3.8) is 0 Å². The van der Waals surface area contributed by atoms with Crippen molar-refractivity contribution in [1.82, 2.24) is 9.97 Å². The predicted molar refractivity (Wildman–Crippen MR) is 70.5 cm³/mol. The number of hydrogen-bond acceptors (Lipinski definition) is 3. The van der Waals surface area contributed by atoms with Crippen molar-refractivity contribution in [2.75, 3.05) is 5.32 Å². The van der Waals surface area contributed by atoms with E-state index in [9.17, 15) is 4.79 Å². The van der Waals surface area contributed by atoms with Gasteiger partial charge in [0, 0.05) is 23.8 Å². The van der Waals surface area contributed by atoms with Gasteiger partial charge in [-0.1, -0.05) is 12.8 Å². The standard InChI is InChI=1S/C13H16N4O/c14-12(18)10-7-16-13-9(5-6-15-13)11(10)17-8-3-1-2-4-8/h5-8H,1-4H2,(H2,14,18)(H2,15,16,17). The maximum atomic E-state index is 11.5. The molecular formula is C13H16N4O. The number of anilines is 1. The van der Waals surface area contributed by atoms with Gasteiger partial charge in [0.25, 0.3) is 5.91 Å². The highest BCUT2D eigenvalue weighted by Crippen LogP contribution is 2.29. The molecule has 0 bridgehead atoms. The Morgan fingerprint density at radius 3 is 2.94 bits per heavy atom. The fraction of sp³-hybridized carbons (Fsp3) is 0.385. The minimum atomic E-state index is -0.439. The first-order valence-electron chi connectivity index (χ1n) is 6.28. The molecule has 0 spiro atoms. The first-order chi connectivity index (χ1) is 8.75. The number of H-pyrrole nitrogens is 1. The van der Waals surface area contributed by atoms with Crippen molar-refractivity contribution in [3.05, 3.63) is 24.0 Å². The highest BCUT2D eigenvalue weighted by atomic mass is 16.1. The second-order valence-corrected chi connectivity index (χ2v) is 4.78. The van der Waals surface area contributed by atoms with E-state index in [-0.39, 0.29) is 0 Å². The molecule has 0 atom stereocenters. The molecular weight excluding hydrogens is 228 g/mol. The summed E-state index contributed by atoms with van der Waals surface area (Å²) < 4.78 is 0. The Hall–Kier alpha value is -2.04. The van der Waals surface area contributed by atoms with E-state index < -0.39 is 5.91 Å². The third-order valence-corrected chi connectivity index (χ3v) is 3.56. The monoisotopic (exact) mass is 244 g/mol. The van der Waals surface area contributed by atoms with Crippen LogP contribution < -0.4 is 11.1 Å². The zero-order valence-electron chi connectivity index (χ0n) is 10.1. The van der Waals surface area contributed by atoms with Gasteiger partial charge in [-0.15, -0.1) is 0 Å². The third kappa shape index (κ3) is 1.81. The van der Waals surface area contributed by atoms with Gasteiger partial charge in [0.05, 0.1) is 11.3 Å². The van der Waals surface area contributed by atoms with E-state index in [2.05, 4.69) is 15.3 Å². The van der Waals surface area contributed by atoms with E-state index in [4.69, 9.17) is 5.73 Å². The van der Waals surface area contributed by atoms with Crippen LogP contribution in [0.15, 0.2) is 18.5 Å². The first-order valence-corrected chi connectivity index (χ1v) is 6.28. The zero-order valence-corrected chi connectivity index (χ0v) is 10.1. The van der Waals surface area contributed by atoms with Gasteiger partial charge in [0.1, 0.15) is 5.65 Å². The molecule has 4 N–H and O–H groups in total. The topological polar surface area (TPSA) is 83.8 Å². The number of nitrogens with zero attached hydrogens (tertiary/aromatic N) is 1. The molecule has 0 aliphatic heterocycles. The lowest BCUT2D eigenvalue weighted by molar-refractivity contribution is 0.100. The number of aromatic nitrogens is 2. The molecule has 1 fully saturated rings. The second-order valence-electron chi connectivity index (χ2n) is 4.78. The van der Waals surface area contributed by atoms with E-state index in [0.29, 0.717) is 11.6 Å². The Morgan fingerprint density at radius 2 is 2.22 bits per heavy atom. The number of primary amides is 1. The Balaban J connectivity index is 2.06. The molecule has 2 aromatic heterocycles. The minimum Gasteiger partial charge on any atom is -0.381 e. The van der Waals surface area contributed by atoms with Crippen LogP contribution in [-0.2, 0) is 0 Å². The van der Waals surface area contributed by atoms with Crippen molar-refractivity contribution in [2.45, 2.75) is 31.7 Å². The van der Waals surface area contributed by atoms with E-state index in [1.54, 1.807) is 6.20 Å². The number of fused-ring (bicyclic) bond motifs is 1. The average molecular weight is 244 g/mol. The third-order valence-electron chi connectivity index (χ3n) is 3.56. The molecule has 0 unspecified atom stereocenters. The molecule has 1 aliphatic carbocycles. The van der Waals surface area contributed by atoms with E-state index in [1.165, 1.54) is 12.8 Å². The molecule has 0 radical (unpaired) electrons. The summed E-state index contributed by atoms with van der Waals surface area (Å²) in [6, 6.07) is 2.36. The molecule has 5 nitrogen and oxygen atoms in total. The SMILES string of the molecule is NC(=O)c1cnc2[nH]ccc2c1NC1CCCC1. The summed E-state index contributed by atoms with van der Waals surface area (Å²) in [7, 11) is 0. The average Bonchev–Trinajstić information content (AvgIpc) is 2.98. The summed E-state index contributed by atoms with van der Waals surface area (Å²) in [5.74, 6) is -0.439. The van der Waals surface area contributed by atoms with E-state index in [0.717, 1.165) is 29.6 Å². The van der Waals surface area contributed by atoms with Crippen LogP contribution in [0.3, 0.4) is 0 Å². The molecule has 94 valence electrons. The minimum absolute atomic E-state index is 0.434. The van der Waals surface area contributed by atoms with Gasteiger partial charge in [-0.05, 0) is 18.9 Å². The predicted octanol–water partition coefficient (Wildman–Crippen LogP) is 2.02. The summed E-state index contributed by atoms with van der Waals surface area (Å²) in [6.45, 7) is 0. The van der Waals surface area contributed by atoms with Gasteiger partial charge in [-0.3, -0.25) is 4.79 Å². The summed E-state index contributed by atoms with van der Waals surface area (Å²) in [5, 5.41) is 4.39. The summed E-state index contributed by atoms with van der Waals surface area (Å²) >= 11 is 0. The van der Waals surface area contributed by atoms with Gasteiger partial charge in [-0.25, -0.2) is 4.98 Å². The van der Waals surface area contributed by atoms with Gasteiger partial charge < -0.3 is 16.0 Å². The number of carbonyl (C=O) groups excluding carboxylic acids is 1. The van der Waals surface area contributed by atoms with Crippen molar-refractivity contribution < 1.29 is 4.79 Å². The van der Waals surface area contributed by atoms with Crippen LogP contribution in [0.5, 0.6) is 0 Å². The van der Waals surface area contributed by atoms with Gasteiger partial charge >= 0.3 is 0 Å². The summed E-state index contributed by atoms with van der Waals surface area (Å²) in [4.78, 5) is 18.7. The molecule has 18 heavy (non-hydrogen) atoms. The van der Waals surface area contributed by atoms with Crippen LogP contribution in [-0.4, -0.2) is 21.9 Å². The van der Waals surface area contributed by atoms with E-state index >= 15 is 0 Å². The number of nitrogens with two attached hydrogens (primary N) is 1. The molecule has 0 aromatic carbocycles. The molecule has 1 aliphatic rings. The number of carbonyl (C=O) groups is 1. The highest BCUT2D eigenvalue weighted by Gasteiger charge is 2.19. The largest absolute Gasteiger partial charge is 0.381 e. The van der Waals surface area contributed by atoms with Crippen molar-refractivity contribution >= 4 is 22.6 Å². The molecule has 1 amide bonds. The number of amides is 1. The van der Waals surface area contributed by atoms with Gasteiger partial charge in [0.2, 0.25) is 0 Å². The van der Waals surface area contributed by atoms with Crippen LogP contribution in [0.4, 0.5) is 5.69 Å². The summed E-state index contributed by atoms with van der Waals surface area (Å²) in [6.07, 6.45) is 8.13. The zero-order chi connectivity index (χ0) is 12.5. The number of hydrogen-bond donors (Lipinski definition) is 3. The molecule has 0 saturated heterocycles. The highest BCUT2D eigenvalue weighted by molar-refractivity contribution is 6.05. The normalized spacial score (nSPS) is 16.2. The maximum absolute atomic E-state index is 11.5. The Labute approximate surface area is 105 Å². The lowest BCUT2D eigenvalue weighted by Crippen LogP contribution is -2.20. The van der Waals surface area contributed by atoms with Crippen LogP contribution >= 0.6 is 0 Å². The Kier molecular flexibility index (Phi) is 2.66. The van der Waals surface area contributed by atoms with Crippen molar-refractivity contribution in [1.29, 1.82) is 0 Å². The van der Waals surface area contributed by atoms with E-state index in [1.807, 2.05) is 12.3 Å². The molecule has 2 aromatic rings. The van der Waals surface area contributed by atoms with Gasteiger partial charge in [0.15, 0.2) is 0 Å². The number of pyridine rings is 1. The molecule has 5 heteroatoms. The molecule has 1 saturated carbocycles. The lowest BCUT2D eigenvalue weighted by Gasteiger charge is -2.16. The van der Waals surface area contributed by atoms with Crippen LogP contribution in [0.1, 0.15) is 36.0 Å². The van der Waals surface area contributed by atoms with Crippen LogP contribution in [0.2, 0.25) is 0 Å². The van der Waals surface area contributed by atoms with Crippen LogP contribution in [0.25, 0.3) is 11.0 Å².